The van der Waals surface area contributed by atoms with Crippen molar-refractivity contribution in [3.8, 4) is 0 Å². The van der Waals surface area contributed by atoms with E-state index in [0.717, 1.165) is 48.6 Å². The molecule has 6 heteroatoms. The molecule has 1 aromatic rings. The van der Waals surface area contributed by atoms with Crippen LogP contribution in [0, 0.1) is 5.92 Å². The van der Waals surface area contributed by atoms with Gasteiger partial charge in [-0.3, -0.25) is 4.55 Å². The van der Waals surface area contributed by atoms with Gasteiger partial charge in [0, 0.05) is 4.47 Å². The van der Waals surface area contributed by atoms with Gasteiger partial charge in [-0.15, -0.1) is 0 Å². The van der Waals surface area contributed by atoms with Gasteiger partial charge >= 0.3 is 0 Å². The molecule has 1 aromatic carbocycles. The van der Waals surface area contributed by atoms with Crippen molar-refractivity contribution in [2.75, 3.05) is 5.75 Å². The van der Waals surface area contributed by atoms with Crippen LogP contribution in [0.3, 0.4) is 0 Å². The molecule has 0 aromatic heterocycles. The number of rotatable bonds is 6. The third-order valence-electron chi connectivity index (χ3n) is 4.58. The molecule has 1 fully saturated rings. The minimum absolute atomic E-state index is 0.150. The molecule has 4 nitrogen and oxygen atoms in total. The van der Waals surface area contributed by atoms with E-state index in [1.165, 1.54) is 0 Å². The van der Waals surface area contributed by atoms with Crippen LogP contribution in [0.5, 0.6) is 0 Å². The molecule has 1 aliphatic rings. The second-order valence-electron chi connectivity index (χ2n) is 6.26. The molecule has 22 heavy (non-hydrogen) atoms. The first-order chi connectivity index (χ1) is 10.3. The first-order valence-corrected chi connectivity index (χ1v) is 10.1. The zero-order chi connectivity index (χ0) is 16.2. The summed E-state index contributed by atoms with van der Waals surface area (Å²) in [6.45, 7) is 0. The minimum Gasteiger partial charge on any atom is -0.385 e. The van der Waals surface area contributed by atoms with Gasteiger partial charge in [-0.1, -0.05) is 40.9 Å². The van der Waals surface area contributed by atoms with E-state index in [-0.39, 0.29) is 5.75 Å². The summed E-state index contributed by atoms with van der Waals surface area (Å²) < 4.78 is 31.0. The molecule has 124 valence electrons. The van der Waals surface area contributed by atoms with Crippen LogP contribution in [0.25, 0.3) is 0 Å². The van der Waals surface area contributed by atoms with E-state index in [9.17, 15) is 13.5 Å². The van der Waals surface area contributed by atoms with E-state index >= 15 is 0 Å². The molecule has 2 N–H and O–H groups in total. The Morgan fingerprint density at radius 3 is 2.27 bits per heavy atom. The van der Waals surface area contributed by atoms with Gasteiger partial charge in [-0.25, -0.2) is 0 Å². The van der Waals surface area contributed by atoms with Gasteiger partial charge in [0.05, 0.1) is 11.4 Å². The van der Waals surface area contributed by atoms with Crippen molar-refractivity contribution in [2.45, 2.75) is 50.5 Å². The maximum Gasteiger partial charge on any atom is 0.264 e. The van der Waals surface area contributed by atoms with E-state index in [1.807, 2.05) is 24.3 Å². The lowest BCUT2D eigenvalue weighted by atomic mass is 9.74. The molecule has 0 heterocycles. The molecule has 0 atom stereocenters. The molecule has 0 saturated heterocycles. The molecule has 0 amide bonds. The molecule has 0 bridgehead atoms. The standard InChI is InChI=1S/C16H23BrO4S/c17-15-6-4-14(5-7-15)16(18)10-8-13(9-11-16)3-1-2-12-22(19,20)21/h4-7,13,18H,1-3,8-12H2,(H,19,20,21). The maximum atomic E-state index is 10.8. The number of halogens is 1. The van der Waals surface area contributed by atoms with Gasteiger partial charge in [0.1, 0.15) is 0 Å². The third-order valence-corrected chi connectivity index (χ3v) is 5.91. The minimum atomic E-state index is -3.83. The number of hydrogen-bond donors (Lipinski definition) is 2. The van der Waals surface area contributed by atoms with E-state index in [0.29, 0.717) is 12.3 Å². The highest BCUT2D eigenvalue weighted by Gasteiger charge is 2.34. The first-order valence-electron chi connectivity index (χ1n) is 7.72. The lowest BCUT2D eigenvalue weighted by molar-refractivity contribution is -0.0153. The lowest BCUT2D eigenvalue weighted by Gasteiger charge is -2.36. The Morgan fingerprint density at radius 2 is 1.73 bits per heavy atom. The Labute approximate surface area is 140 Å². The van der Waals surface area contributed by atoms with Crippen molar-refractivity contribution in [1.29, 1.82) is 0 Å². The Bertz CT molecular complexity index is 575. The Morgan fingerprint density at radius 1 is 1.14 bits per heavy atom. The van der Waals surface area contributed by atoms with Crippen LogP contribution in [0.15, 0.2) is 28.7 Å². The smallest absolute Gasteiger partial charge is 0.264 e. The predicted octanol–water partition coefficient (Wildman–Crippen LogP) is 3.89. The second kappa shape index (κ2) is 7.43. The maximum absolute atomic E-state index is 10.8. The molecule has 0 radical (unpaired) electrons. The summed E-state index contributed by atoms with van der Waals surface area (Å²) in [4.78, 5) is 0. The van der Waals surface area contributed by atoms with Gasteiger partial charge in [-0.05, 0) is 55.7 Å². The van der Waals surface area contributed by atoms with E-state index in [2.05, 4.69) is 15.9 Å². The van der Waals surface area contributed by atoms with Crippen molar-refractivity contribution in [1.82, 2.24) is 0 Å². The van der Waals surface area contributed by atoms with Gasteiger partial charge < -0.3 is 5.11 Å². The summed E-state index contributed by atoms with van der Waals surface area (Å²) in [6.07, 6.45) is 5.69. The van der Waals surface area contributed by atoms with E-state index in [1.54, 1.807) is 0 Å². The largest absolute Gasteiger partial charge is 0.385 e. The molecule has 1 saturated carbocycles. The van der Waals surface area contributed by atoms with Crippen LogP contribution in [0.1, 0.15) is 50.5 Å². The number of benzene rings is 1. The third kappa shape index (κ3) is 5.33. The molecule has 1 aliphatic carbocycles. The topological polar surface area (TPSA) is 74.6 Å². The second-order valence-corrected chi connectivity index (χ2v) is 8.75. The number of hydrogen-bond acceptors (Lipinski definition) is 3. The van der Waals surface area contributed by atoms with Crippen LogP contribution in [-0.4, -0.2) is 23.8 Å². The molecular formula is C16H23BrO4S. The Balaban J connectivity index is 1.79. The van der Waals surface area contributed by atoms with E-state index < -0.39 is 15.7 Å². The summed E-state index contributed by atoms with van der Waals surface area (Å²) >= 11 is 3.40. The van der Waals surface area contributed by atoms with Crippen LogP contribution < -0.4 is 0 Å². The zero-order valence-corrected chi connectivity index (χ0v) is 14.9. The van der Waals surface area contributed by atoms with Gasteiger partial charge in [0.15, 0.2) is 0 Å². The van der Waals surface area contributed by atoms with Crippen molar-refractivity contribution in [3.63, 3.8) is 0 Å². The van der Waals surface area contributed by atoms with Crippen molar-refractivity contribution in [2.24, 2.45) is 5.92 Å². The fourth-order valence-electron chi connectivity index (χ4n) is 3.21. The van der Waals surface area contributed by atoms with E-state index in [4.69, 9.17) is 4.55 Å². The summed E-state index contributed by atoms with van der Waals surface area (Å²) in [6, 6.07) is 7.84. The van der Waals surface area contributed by atoms with Crippen LogP contribution in [-0.2, 0) is 15.7 Å². The monoisotopic (exact) mass is 390 g/mol. The number of aliphatic hydroxyl groups is 1. The fourth-order valence-corrected chi connectivity index (χ4v) is 4.04. The average Bonchev–Trinajstić information content (AvgIpc) is 2.45. The normalized spacial score (nSPS) is 26.0. The summed E-state index contributed by atoms with van der Waals surface area (Å²) in [7, 11) is -3.83. The molecule has 0 unspecified atom stereocenters. The van der Waals surface area contributed by atoms with Crippen LogP contribution >= 0.6 is 15.9 Å². The summed E-state index contributed by atoms with van der Waals surface area (Å²) in [5, 5.41) is 10.8. The number of unbranched alkanes of at least 4 members (excludes halogenated alkanes) is 1. The summed E-state index contributed by atoms with van der Waals surface area (Å²) in [5.74, 6) is 0.389. The van der Waals surface area contributed by atoms with Crippen molar-refractivity contribution < 1.29 is 18.1 Å². The average molecular weight is 391 g/mol. The highest BCUT2D eigenvalue weighted by Crippen LogP contribution is 2.41. The molecular weight excluding hydrogens is 368 g/mol. The lowest BCUT2D eigenvalue weighted by Crippen LogP contribution is -2.31. The SMILES string of the molecule is O=S(=O)(O)CCCCC1CCC(O)(c2ccc(Br)cc2)CC1. The fraction of sp³-hybridized carbons (Fsp3) is 0.625. The van der Waals surface area contributed by atoms with Crippen molar-refractivity contribution >= 4 is 26.0 Å². The Hall–Kier alpha value is -0.430. The van der Waals surface area contributed by atoms with Gasteiger partial charge in [-0.2, -0.15) is 8.42 Å². The zero-order valence-electron chi connectivity index (χ0n) is 12.5. The predicted molar refractivity (Wildman–Crippen MR) is 90.3 cm³/mol. The highest BCUT2D eigenvalue weighted by molar-refractivity contribution is 9.10. The van der Waals surface area contributed by atoms with Crippen LogP contribution in [0.4, 0.5) is 0 Å². The van der Waals surface area contributed by atoms with Crippen molar-refractivity contribution in [3.05, 3.63) is 34.3 Å². The van der Waals surface area contributed by atoms with Crippen LogP contribution in [0.2, 0.25) is 0 Å². The summed E-state index contributed by atoms with van der Waals surface area (Å²) in [5.41, 5.74) is 0.242. The molecule has 0 spiro atoms. The highest BCUT2D eigenvalue weighted by atomic mass is 79.9. The molecule has 0 aliphatic heterocycles. The molecule has 2 rings (SSSR count). The van der Waals surface area contributed by atoms with Gasteiger partial charge in [0.2, 0.25) is 0 Å². The van der Waals surface area contributed by atoms with Gasteiger partial charge in [0.25, 0.3) is 10.1 Å². The quantitative estimate of drug-likeness (QED) is 0.570. The Kier molecular flexibility index (Phi) is 6.05. The first kappa shape index (κ1) is 17.9.